The van der Waals surface area contributed by atoms with Crippen molar-refractivity contribution in [2.45, 2.75) is 6.92 Å². The van der Waals surface area contributed by atoms with E-state index in [2.05, 4.69) is 20.6 Å². The fourth-order valence-electron chi connectivity index (χ4n) is 0.730. The Bertz CT molecular complexity index is 318. The van der Waals surface area contributed by atoms with Crippen LogP contribution >= 0.6 is 0 Å². The summed E-state index contributed by atoms with van der Waals surface area (Å²) in [7, 11) is 0. The van der Waals surface area contributed by atoms with Crippen LogP contribution in [0.2, 0.25) is 0 Å². The lowest BCUT2D eigenvalue weighted by molar-refractivity contribution is 0.742. The Labute approximate surface area is 50.7 Å². The Morgan fingerprint density at radius 1 is 1.67 bits per heavy atom. The van der Waals surface area contributed by atoms with Gasteiger partial charge in [0.2, 0.25) is 5.65 Å². The van der Waals surface area contributed by atoms with Crippen LogP contribution in [0.3, 0.4) is 0 Å². The van der Waals surface area contributed by atoms with E-state index in [-0.39, 0.29) is 0 Å². The summed E-state index contributed by atoms with van der Waals surface area (Å²) in [6.45, 7) is 1.94. The average Bonchev–Trinajstić information content (AvgIpc) is 2.35. The van der Waals surface area contributed by atoms with Crippen molar-refractivity contribution < 1.29 is 0 Å². The molecule has 1 N–H and O–H groups in total. The molecule has 0 aliphatic carbocycles. The zero-order valence-corrected chi connectivity index (χ0v) is 4.87. The minimum atomic E-state index is 0.787. The molecule has 0 unspecified atom stereocenters. The van der Waals surface area contributed by atoms with Crippen LogP contribution in [0.5, 0.6) is 0 Å². The number of rotatable bonds is 0. The van der Waals surface area contributed by atoms with Crippen LogP contribution in [0.4, 0.5) is 0 Å². The molecule has 2 aromatic heterocycles. The van der Waals surface area contributed by atoms with Crippen LogP contribution in [0.25, 0.3) is 5.65 Å². The van der Waals surface area contributed by atoms with E-state index in [1.807, 2.05) is 6.92 Å². The lowest BCUT2D eigenvalue weighted by Crippen LogP contribution is -1.83. The summed E-state index contributed by atoms with van der Waals surface area (Å²) in [6, 6.07) is 0. The highest BCUT2D eigenvalue weighted by Crippen LogP contribution is 2.00. The van der Waals surface area contributed by atoms with Gasteiger partial charge in [-0.3, -0.25) is 0 Å². The first-order valence-electron chi connectivity index (χ1n) is 2.59. The van der Waals surface area contributed by atoms with Crippen molar-refractivity contribution in [3.05, 3.63) is 11.8 Å². The lowest BCUT2D eigenvalue weighted by atomic mass is 10.4. The van der Waals surface area contributed by atoms with E-state index in [1.165, 1.54) is 4.63 Å². The van der Waals surface area contributed by atoms with E-state index in [0.717, 1.165) is 11.2 Å². The summed E-state index contributed by atoms with van der Waals surface area (Å²) in [4.78, 5) is 0. The van der Waals surface area contributed by atoms with Crippen molar-refractivity contribution in [1.29, 1.82) is 0 Å². The first-order chi connectivity index (χ1) is 4.38. The van der Waals surface area contributed by atoms with Gasteiger partial charge in [-0.25, -0.2) is 0 Å². The minimum Gasteiger partial charge on any atom is -0.177 e. The van der Waals surface area contributed by atoms with E-state index >= 15 is 0 Å². The highest BCUT2D eigenvalue weighted by Gasteiger charge is 1.99. The van der Waals surface area contributed by atoms with Gasteiger partial charge in [-0.05, 0) is 12.1 Å². The van der Waals surface area contributed by atoms with Crippen molar-refractivity contribution in [2.75, 3.05) is 0 Å². The first kappa shape index (κ1) is 4.49. The molecule has 2 heterocycles. The van der Waals surface area contributed by atoms with Gasteiger partial charge in [0.25, 0.3) is 0 Å². The van der Waals surface area contributed by atoms with Gasteiger partial charge in [0, 0.05) is 5.56 Å². The molecular weight excluding hydrogens is 118 g/mol. The molecule has 0 fully saturated rings. The Balaban J connectivity index is 2.99. The summed E-state index contributed by atoms with van der Waals surface area (Å²) in [5.74, 6) is 0. The van der Waals surface area contributed by atoms with Gasteiger partial charge in [-0.1, -0.05) is 0 Å². The molecule has 0 saturated heterocycles. The second-order valence-corrected chi connectivity index (χ2v) is 1.86. The Kier molecular flexibility index (Phi) is 0.652. The SMILES string of the molecule is Cc1cnn2[nH]nnc12. The van der Waals surface area contributed by atoms with E-state index in [9.17, 15) is 0 Å². The summed E-state index contributed by atoms with van der Waals surface area (Å²) >= 11 is 0. The Morgan fingerprint density at radius 2 is 2.56 bits per heavy atom. The summed E-state index contributed by atoms with van der Waals surface area (Å²) in [6.07, 6.45) is 1.74. The molecule has 0 spiro atoms. The highest BCUT2D eigenvalue weighted by molar-refractivity contribution is 5.42. The molecule has 0 radical (unpaired) electrons. The van der Waals surface area contributed by atoms with Gasteiger partial charge in [0.1, 0.15) is 0 Å². The first-order valence-corrected chi connectivity index (χ1v) is 2.59. The third-order valence-corrected chi connectivity index (χ3v) is 1.20. The van der Waals surface area contributed by atoms with Gasteiger partial charge < -0.3 is 0 Å². The lowest BCUT2D eigenvalue weighted by Gasteiger charge is -1.72. The molecule has 0 aliphatic rings. The van der Waals surface area contributed by atoms with Gasteiger partial charge in [0.05, 0.1) is 6.20 Å². The molecule has 5 nitrogen and oxygen atoms in total. The predicted molar refractivity (Wildman–Crippen MR) is 29.9 cm³/mol. The fraction of sp³-hybridized carbons (Fsp3) is 0.250. The normalized spacial score (nSPS) is 10.8. The Morgan fingerprint density at radius 3 is 3.33 bits per heavy atom. The van der Waals surface area contributed by atoms with Crippen LogP contribution in [0, 0.1) is 6.92 Å². The quantitative estimate of drug-likeness (QED) is 0.526. The van der Waals surface area contributed by atoms with Crippen LogP contribution in [0.1, 0.15) is 5.56 Å². The Hall–Kier alpha value is -1.39. The van der Waals surface area contributed by atoms with E-state index in [4.69, 9.17) is 0 Å². The van der Waals surface area contributed by atoms with Crippen molar-refractivity contribution in [1.82, 2.24) is 25.3 Å². The number of tetrazole rings is 1. The largest absolute Gasteiger partial charge is 0.201 e. The maximum Gasteiger partial charge on any atom is 0.201 e. The summed E-state index contributed by atoms with van der Waals surface area (Å²) in [5, 5.41) is 13.8. The monoisotopic (exact) mass is 123 g/mol. The standard InChI is InChI=1S/C4H5N5/c1-3-2-5-9-4(3)6-7-8-9/h2H,1H3,(H,6,8). The van der Waals surface area contributed by atoms with Gasteiger partial charge >= 0.3 is 0 Å². The summed E-state index contributed by atoms with van der Waals surface area (Å²) < 4.78 is 1.52. The zero-order valence-electron chi connectivity index (χ0n) is 4.87. The molecule has 0 saturated carbocycles. The van der Waals surface area contributed by atoms with Gasteiger partial charge in [-0.15, -0.1) is 9.73 Å². The third-order valence-electron chi connectivity index (χ3n) is 1.20. The highest BCUT2D eigenvalue weighted by atomic mass is 15.6. The molecular formula is C4H5N5. The summed E-state index contributed by atoms with van der Waals surface area (Å²) in [5.41, 5.74) is 1.82. The number of fused-ring (bicyclic) bond motifs is 1. The topological polar surface area (TPSA) is 58.9 Å². The third kappa shape index (κ3) is 0.453. The maximum absolute atomic E-state index is 3.91. The van der Waals surface area contributed by atoms with Gasteiger partial charge in [-0.2, -0.15) is 10.3 Å². The van der Waals surface area contributed by atoms with Crippen LogP contribution in [-0.4, -0.2) is 25.3 Å². The molecule has 0 bridgehead atoms. The minimum absolute atomic E-state index is 0.787. The number of nitrogens with one attached hydrogen (secondary N) is 1. The maximum atomic E-state index is 3.91. The molecule has 0 amide bonds. The van der Waals surface area contributed by atoms with Gasteiger partial charge in [0.15, 0.2) is 0 Å². The second kappa shape index (κ2) is 1.31. The van der Waals surface area contributed by atoms with Crippen molar-refractivity contribution in [3.63, 3.8) is 0 Å². The molecule has 46 valence electrons. The van der Waals surface area contributed by atoms with E-state index in [0.29, 0.717) is 0 Å². The van der Waals surface area contributed by atoms with Crippen LogP contribution < -0.4 is 0 Å². The van der Waals surface area contributed by atoms with E-state index < -0.39 is 0 Å². The predicted octanol–water partition coefficient (Wildman–Crippen LogP) is -0.239. The van der Waals surface area contributed by atoms with Crippen LogP contribution in [0.15, 0.2) is 6.20 Å². The van der Waals surface area contributed by atoms with Crippen molar-refractivity contribution >= 4 is 5.65 Å². The molecule has 2 rings (SSSR count). The average molecular weight is 123 g/mol. The van der Waals surface area contributed by atoms with Crippen molar-refractivity contribution in [2.24, 2.45) is 0 Å². The molecule has 5 heteroatoms. The fourth-order valence-corrected chi connectivity index (χ4v) is 0.730. The number of nitrogens with zero attached hydrogens (tertiary/aromatic N) is 4. The number of aryl methyl sites for hydroxylation is 1. The zero-order chi connectivity index (χ0) is 6.27. The molecule has 0 atom stereocenters. The number of hydrogen-bond donors (Lipinski definition) is 1. The second-order valence-electron chi connectivity index (χ2n) is 1.86. The molecule has 2 aromatic rings. The molecule has 0 aliphatic heterocycles. The number of aromatic nitrogens is 5. The number of H-pyrrole nitrogens is 1. The molecule has 0 aromatic carbocycles. The molecule has 9 heavy (non-hydrogen) atoms. The van der Waals surface area contributed by atoms with Crippen LogP contribution in [-0.2, 0) is 0 Å². The smallest absolute Gasteiger partial charge is 0.177 e. The van der Waals surface area contributed by atoms with Crippen molar-refractivity contribution in [3.8, 4) is 0 Å². The number of hydrogen-bond acceptors (Lipinski definition) is 3. The van der Waals surface area contributed by atoms with E-state index in [1.54, 1.807) is 6.20 Å². The number of aromatic amines is 1.